The predicted octanol–water partition coefficient (Wildman–Crippen LogP) is 7.18. The summed E-state index contributed by atoms with van der Waals surface area (Å²) >= 11 is 5.92. The zero-order valence-electron chi connectivity index (χ0n) is 24.7. The van der Waals surface area contributed by atoms with Gasteiger partial charge in [0, 0.05) is 33.7 Å². The Hall–Kier alpha value is -5.55. The molecule has 0 atom stereocenters. The number of rotatable bonds is 12. The van der Waals surface area contributed by atoms with Gasteiger partial charge in [0.15, 0.2) is 11.5 Å². The minimum Gasteiger partial charge on any atom is -0.493 e. The number of halogens is 1. The molecule has 0 fully saturated rings. The number of furan rings is 1. The summed E-state index contributed by atoms with van der Waals surface area (Å²) in [6.45, 7) is 4.28. The van der Waals surface area contributed by atoms with Gasteiger partial charge in [-0.3, -0.25) is 14.9 Å². The number of aromatic nitrogens is 1. The van der Waals surface area contributed by atoms with Crippen molar-refractivity contribution in [3.63, 3.8) is 0 Å². The van der Waals surface area contributed by atoms with E-state index in [0.29, 0.717) is 22.1 Å². The summed E-state index contributed by atoms with van der Waals surface area (Å²) in [5, 5.41) is 16.3. The first-order valence-corrected chi connectivity index (χ1v) is 14.1. The Bertz CT molecular complexity index is 1820. The predicted molar refractivity (Wildman–Crippen MR) is 169 cm³/mol. The SMILES string of the molecule is COc1cc(/C=N/NC(=O)c2ccc(COc3ccc(-n4c(C)ccc4C)cc3)o2)cc([N+](=O)[O-])c1OCc1ccc(Cl)cc1. The largest absolute Gasteiger partial charge is 0.493 e. The fraction of sp³-hybridized carbons (Fsp3) is 0.152. The number of amides is 1. The number of methoxy groups -OCH3 is 1. The molecule has 230 valence electrons. The number of aryl methyl sites for hydroxylation is 2. The number of hydrogen-bond donors (Lipinski definition) is 1. The van der Waals surface area contributed by atoms with E-state index >= 15 is 0 Å². The standard InChI is InChI=1S/C33H29ClN4O7/c1-21-4-5-22(2)37(21)26-10-12-27(13-11-26)43-20-28-14-15-30(45-28)33(39)36-35-18-24-16-29(38(40)41)32(31(17-24)42-3)44-19-23-6-8-25(34)9-7-23/h4-18H,19-20H2,1-3H3,(H,36,39)/b35-18+. The van der Waals surface area contributed by atoms with Crippen LogP contribution in [0.15, 0.2) is 94.4 Å². The van der Waals surface area contributed by atoms with Crippen molar-refractivity contribution in [1.29, 1.82) is 0 Å². The van der Waals surface area contributed by atoms with E-state index in [2.05, 4.69) is 41.1 Å². The number of carbonyl (C=O) groups is 1. The summed E-state index contributed by atoms with van der Waals surface area (Å²) in [6, 6.07) is 24.6. The molecule has 0 aliphatic heterocycles. The van der Waals surface area contributed by atoms with E-state index in [1.165, 1.54) is 31.5 Å². The quantitative estimate of drug-likeness (QED) is 0.0879. The first kappa shape index (κ1) is 30.9. The maximum atomic E-state index is 12.6. The lowest BCUT2D eigenvalue weighted by atomic mass is 10.1. The van der Waals surface area contributed by atoms with Crippen LogP contribution in [0, 0.1) is 24.0 Å². The van der Waals surface area contributed by atoms with Gasteiger partial charge in [0.2, 0.25) is 5.75 Å². The van der Waals surface area contributed by atoms with Crippen LogP contribution in [0.25, 0.3) is 5.69 Å². The molecule has 0 saturated heterocycles. The number of benzene rings is 3. The zero-order chi connectivity index (χ0) is 31.9. The first-order valence-electron chi connectivity index (χ1n) is 13.8. The average molecular weight is 629 g/mol. The molecule has 0 bridgehead atoms. The Labute approximate surface area is 263 Å². The molecular weight excluding hydrogens is 600 g/mol. The van der Waals surface area contributed by atoms with Crippen LogP contribution in [0.5, 0.6) is 17.2 Å². The van der Waals surface area contributed by atoms with Crippen molar-refractivity contribution < 1.29 is 28.3 Å². The number of nitrogens with one attached hydrogen (secondary N) is 1. The van der Waals surface area contributed by atoms with Crippen molar-refractivity contribution in [2.75, 3.05) is 7.11 Å². The number of ether oxygens (including phenoxy) is 3. The third-order valence-corrected chi connectivity index (χ3v) is 7.03. The summed E-state index contributed by atoms with van der Waals surface area (Å²) < 4.78 is 24.7. The van der Waals surface area contributed by atoms with E-state index in [1.807, 2.05) is 24.3 Å². The van der Waals surface area contributed by atoms with Gasteiger partial charge in [-0.05, 0) is 86.1 Å². The second-order valence-corrected chi connectivity index (χ2v) is 10.4. The lowest BCUT2D eigenvalue weighted by molar-refractivity contribution is -0.386. The van der Waals surface area contributed by atoms with Crippen LogP contribution in [-0.4, -0.2) is 28.7 Å². The number of nitro benzene ring substituents is 1. The molecule has 0 spiro atoms. The highest BCUT2D eigenvalue weighted by Crippen LogP contribution is 2.38. The fourth-order valence-corrected chi connectivity index (χ4v) is 4.70. The zero-order valence-corrected chi connectivity index (χ0v) is 25.4. The summed E-state index contributed by atoms with van der Waals surface area (Å²) in [5.74, 6) is 0.606. The van der Waals surface area contributed by atoms with E-state index < -0.39 is 10.8 Å². The molecule has 0 saturated carbocycles. The highest BCUT2D eigenvalue weighted by atomic mass is 35.5. The molecule has 45 heavy (non-hydrogen) atoms. The van der Waals surface area contributed by atoms with E-state index in [-0.39, 0.29) is 36.2 Å². The molecule has 2 heterocycles. The molecule has 1 amide bonds. The second kappa shape index (κ2) is 13.8. The Balaban J connectivity index is 1.18. The summed E-state index contributed by atoms with van der Waals surface area (Å²) in [4.78, 5) is 23.8. The van der Waals surface area contributed by atoms with E-state index in [4.69, 9.17) is 30.2 Å². The molecule has 0 radical (unpaired) electrons. The maximum Gasteiger partial charge on any atom is 0.315 e. The van der Waals surface area contributed by atoms with Crippen LogP contribution in [0.2, 0.25) is 5.02 Å². The van der Waals surface area contributed by atoms with E-state index in [0.717, 1.165) is 22.6 Å². The first-order chi connectivity index (χ1) is 21.7. The van der Waals surface area contributed by atoms with Crippen LogP contribution in [0.4, 0.5) is 5.69 Å². The molecule has 5 rings (SSSR count). The van der Waals surface area contributed by atoms with Gasteiger partial charge in [0.25, 0.3) is 0 Å². The number of nitrogens with zero attached hydrogens (tertiary/aromatic N) is 3. The van der Waals surface area contributed by atoms with Gasteiger partial charge in [0.05, 0.1) is 18.2 Å². The summed E-state index contributed by atoms with van der Waals surface area (Å²) in [7, 11) is 1.37. The smallest absolute Gasteiger partial charge is 0.315 e. The molecule has 3 aromatic carbocycles. The normalized spacial score (nSPS) is 11.0. The van der Waals surface area contributed by atoms with Crippen LogP contribution in [0.3, 0.4) is 0 Å². The molecule has 0 unspecified atom stereocenters. The van der Waals surface area contributed by atoms with Gasteiger partial charge in [-0.25, -0.2) is 5.43 Å². The highest BCUT2D eigenvalue weighted by Gasteiger charge is 2.22. The van der Waals surface area contributed by atoms with Gasteiger partial charge in [-0.1, -0.05) is 23.7 Å². The van der Waals surface area contributed by atoms with Crippen LogP contribution >= 0.6 is 11.6 Å². The molecular formula is C33H29ClN4O7. The van der Waals surface area contributed by atoms with Crippen LogP contribution < -0.4 is 19.6 Å². The third kappa shape index (κ3) is 7.51. The molecule has 0 aliphatic rings. The Morgan fingerprint density at radius 2 is 1.69 bits per heavy atom. The van der Waals surface area contributed by atoms with Gasteiger partial charge in [-0.15, -0.1) is 0 Å². The van der Waals surface area contributed by atoms with Crippen molar-refractivity contribution in [2.45, 2.75) is 27.1 Å². The van der Waals surface area contributed by atoms with Crippen molar-refractivity contribution in [2.24, 2.45) is 5.10 Å². The maximum absolute atomic E-state index is 12.6. The van der Waals surface area contributed by atoms with Gasteiger partial charge >= 0.3 is 11.6 Å². The summed E-state index contributed by atoms with van der Waals surface area (Å²) in [5.41, 5.74) is 6.42. The number of carbonyl (C=O) groups excluding carboxylic acids is 1. The third-order valence-electron chi connectivity index (χ3n) is 6.78. The lowest BCUT2D eigenvalue weighted by Gasteiger charge is -2.12. The van der Waals surface area contributed by atoms with Crippen LogP contribution in [0.1, 0.15) is 38.8 Å². The van der Waals surface area contributed by atoms with Gasteiger partial charge in [-0.2, -0.15) is 5.10 Å². The van der Waals surface area contributed by atoms with Gasteiger partial charge in [0.1, 0.15) is 24.7 Å². The lowest BCUT2D eigenvalue weighted by Crippen LogP contribution is -2.16. The molecule has 0 aliphatic carbocycles. The minimum absolute atomic E-state index is 0.0224. The van der Waals surface area contributed by atoms with Crippen molar-refractivity contribution in [1.82, 2.24) is 9.99 Å². The number of hydrazone groups is 1. The second-order valence-electron chi connectivity index (χ2n) is 9.94. The van der Waals surface area contributed by atoms with E-state index in [1.54, 1.807) is 30.3 Å². The molecule has 5 aromatic rings. The molecule has 2 aromatic heterocycles. The van der Waals surface area contributed by atoms with Crippen molar-refractivity contribution >= 4 is 29.4 Å². The Morgan fingerprint density at radius 3 is 2.36 bits per heavy atom. The molecule has 1 N–H and O–H groups in total. The van der Waals surface area contributed by atoms with Gasteiger partial charge < -0.3 is 23.2 Å². The summed E-state index contributed by atoms with van der Waals surface area (Å²) in [6.07, 6.45) is 1.25. The van der Waals surface area contributed by atoms with Crippen molar-refractivity contribution in [3.05, 3.63) is 134 Å². The number of nitro groups is 1. The Kier molecular flexibility index (Phi) is 9.49. The topological polar surface area (TPSA) is 130 Å². The average Bonchev–Trinajstić information content (AvgIpc) is 3.65. The monoisotopic (exact) mass is 628 g/mol. The van der Waals surface area contributed by atoms with E-state index in [9.17, 15) is 14.9 Å². The highest BCUT2D eigenvalue weighted by molar-refractivity contribution is 6.30. The molecule has 12 heteroatoms. The van der Waals surface area contributed by atoms with Crippen molar-refractivity contribution in [3.8, 4) is 22.9 Å². The van der Waals surface area contributed by atoms with Crippen LogP contribution in [-0.2, 0) is 13.2 Å². The number of hydrogen-bond acceptors (Lipinski definition) is 8. The minimum atomic E-state index is -0.608. The Morgan fingerprint density at radius 1 is 0.978 bits per heavy atom. The molecule has 11 nitrogen and oxygen atoms in total. The fourth-order valence-electron chi connectivity index (χ4n) is 4.57.